The second-order valence-electron chi connectivity index (χ2n) is 6.13. The van der Waals surface area contributed by atoms with E-state index in [0.29, 0.717) is 22.1 Å². The minimum Gasteiger partial charge on any atom is -0.396 e. The van der Waals surface area contributed by atoms with E-state index in [1.807, 2.05) is 6.92 Å². The van der Waals surface area contributed by atoms with E-state index in [1.54, 1.807) is 12.1 Å². The zero-order valence-corrected chi connectivity index (χ0v) is 16.1. The molecule has 0 aliphatic carbocycles. The molecule has 0 fully saturated rings. The lowest BCUT2D eigenvalue weighted by atomic mass is 10.1. The summed E-state index contributed by atoms with van der Waals surface area (Å²) >= 11 is 7.64. The molecule has 0 aliphatic heterocycles. The average molecular weight is 418 g/mol. The fraction of sp³-hybridized carbons (Fsp3) is 0.316. The Morgan fingerprint density at radius 1 is 1.22 bits per heavy atom. The van der Waals surface area contributed by atoms with Gasteiger partial charge in [-0.2, -0.15) is 0 Å². The van der Waals surface area contributed by atoms with Crippen LogP contribution in [0, 0.1) is 23.4 Å². The van der Waals surface area contributed by atoms with Crippen LogP contribution in [0.5, 0.6) is 0 Å². The highest BCUT2D eigenvalue weighted by Crippen LogP contribution is 2.29. The van der Waals surface area contributed by atoms with Gasteiger partial charge in [-0.05, 0) is 42.7 Å². The number of amides is 1. The number of aliphatic hydroxyl groups excluding tert-OH is 1. The number of halogens is 4. The minimum absolute atomic E-state index is 0.144. The van der Waals surface area contributed by atoms with Crippen LogP contribution in [0.3, 0.4) is 0 Å². The van der Waals surface area contributed by atoms with Crippen molar-refractivity contribution in [3.63, 3.8) is 0 Å². The molecule has 0 aromatic heterocycles. The third kappa shape index (κ3) is 6.16. The SMILES string of the molecule is CC(CO)CCCSc1cc(C(=O)Nc2cc(F)c(F)c(F)c2)ccc1Cl. The summed E-state index contributed by atoms with van der Waals surface area (Å²) in [6.07, 6.45) is 1.76. The van der Waals surface area contributed by atoms with E-state index in [-0.39, 0.29) is 23.8 Å². The van der Waals surface area contributed by atoms with Gasteiger partial charge in [0.25, 0.3) is 5.91 Å². The average Bonchev–Trinajstić information content (AvgIpc) is 2.64. The lowest BCUT2D eigenvalue weighted by Crippen LogP contribution is -2.12. The van der Waals surface area contributed by atoms with E-state index in [1.165, 1.54) is 17.8 Å². The van der Waals surface area contributed by atoms with Gasteiger partial charge in [-0.25, -0.2) is 13.2 Å². The van der Waals surface area contributed by atoms with Gasteiger partial charge < -0.3 is 10.4 Å². The normalized spacial score (nSPS) is 12.1. The monoisotopic (exact) mass is 417 g/mol. The minimum atomic E-state index is -1.59. The summed E-state index contributed by atoms with van der Waals surface area (Å²) in [5.41, 5.74) is 0.0781. The zero-order chi connectivity index (χ0) is 20.0. The molecule has 0 saturated heterocycles. The van der Waals surface area contributed by atoms with Crippen LogP contribution in [0.1, 0.15) is 30.1 Å². The first-order valence-electron chi connectivity index (χ1n) is 8.31. The van der Waals surface area contributed by atoms with E-state index in [4.69, 9.17) is 16.7 Å². The summed E-state index contributed by atoms with van der Waals surface area (Å²) < 4.78 is 39.5. The highest BCUT2D eigenvalue weighted by Gasteiger charge is 2.14. The van der Waals surface area contributed by atoms with Crippen LogP contribution in [0.15, 0.2) is 35.2 Å². The van der Waals surface area contributed by atoms with Crippen LogP contribution in [0.25, 0.3) is 0 Å². The van der Waals surface area contributed by atoms with E-state index < -0.39 is 23.4 Å². The second-order valence-corrected chi connectivity index (χ2v) is 7.68. The van der Waals surface area contributed by atoms with Gasteiger partial charge in [0, 0.05) is 34.9 Å². The van der Waals surface area contributed by atoms with Gasteiger partial charge in [0.2, 0.25) is 0 Å². The quantitative estimate of drug-likeness (QED) is 0.338. The van der Waals surface area contributed by atoms with Crippen LogP contribution < -0.4 is 5.32 Å². The molecule has 1 atom stereocenters. The summed E-state index contributed by atoms with van der Waals surface area (Å²) in [6.45, 7) is 2.11. The first-order chi connectivity index (χ1) is 12.8. The Morgan fingerprint density at radius 3 is 2.52 bits per heavy atom. The third-order valence-electron chi connectivity index (χ3n) is 3.85. The molecule has 0 bridgehead atoms. The molecular weight excluding hydrogens is 399 g/mol. The number of rotatable bonds is 8. The molecule has 1 amide bonds. The molecule has 2 N–H and O–H groups in total. The smallest absolute Gasteiger partial charge is 0.255 e. The van der Waals surface area contributed by atoms with Crippen molar-refractivity contribution in [1.82, 2.24) is 0 Å². The lowest BCUT2D eigenvalue weighted by Gasteiger charge is -2.10. The molecule has 0 heterocycles. The van der Waals surface area contributed by atoms with Gasteiger partial charge in [0.05, 0.1) is 5.02 Å². The summed E-state index contributed by atoms with van der Waals surface area (Å²) in [5, 5.41) is 11.9. The largest absolute Gasteiger partial charge is 0.396 e. The van der Waals surface area contributed by atoms with E-state index in [2.05, 4.69) is 5.32 Å². The predicted octanol–water partition coefficient (Wildman–Crippen LogP) is 5.51. The van der Waals surface area contributed by atoms with Crippen LogP contribution in [0.4, 0.5) is 18.9 Å². The molecular formula is C19H19ClF3NO2S. The number of aliphatic hydroxyl groups is 1. The number of hydrogen-bond acceptors (Lipinski definition) is 3. The van der Waals surface area contributed by atoms with Crippen molar-refractivity contribution in [2.24, 2.45) is 5.92 Å². The molecule has 146 valence electrons. The Kier molecular flexibility index (Phi) is 8.01. The third-order valence-corrected chi connectivity index (χ3v) is 5.43. The Bertz CT molecular complexity index is 797. The first-order valence-corrected chi connectivity index (χ1v) is 9.67. The van der Waals surface area contributed by atoms with Crippen molar-refractivity contribution >= 4 is 35.0 Å². The molecule has 3 nitrogen and oxygen atoms in total. The fourth-order valence-corrected chi connectivity index (χ4v) is 3.52. The maximum atomic E-state index is 13.3. The molecule has 0 spiro atoms. The molecule has 2 rings (SSSR count). The van der Waals surface area contributed by atoms with E-state index in [0.717, 1.165) is 18.6 Å². The second kappa shape index (κ2) is 10.0. The molecule has 2 aromatic carbocycles. The number of benzene rings is 2. The zero-order valence-electron chi connectivity index (χ0n) is 14.6. The highest BCUT2D eigenvalue weighted by molar-refractivity contribution is 7.99. The molecule has 1 unspecified atom stereocenters. The predicted molar refractivity (Wildman–Crippen MR) is 102 cm³/mol. The Hall–Kier alpha value is -1.70. The van der Waals surface area contributed by atoms with Crippen LogP contribution in [0.2, 0.25) is 5.02 Å². The maximum Gasteiger partial charge on any atom is 0.255 e. The van der Waals surface area contributed by atoms with Crippen LogP contribution >= 0.6 is 23.4 Å². The Balaban J connectivity index is 2.04. The van der Waals surface area contributed by atoms with Crippen molar-refractivity contribution in [1.29, 1.82) is 0 Å². The van der Waals surface area contributed by atoms with Gasteiger partial charge in [-0.1, -0.05) is 18.5 Å². The molecule has 8 heteroatoms. The number of carbonyl (C=O) groups is 1. The van der Waals surface area contributed by atoms with Crippen LogP contribution in [-0.4, -0.2) is 23.4 Å². The number of nitrogens with one attached hydrogen (secondary N) is 1. The van der Waals surface area contributed by atoms with E-state index in [9.17, 15) is 18.0 Å². The molecule has 0 radical (unpaired) electrons. The van der Waals surface area contributed by atoms with Crippen molar-refractivity contribution in [2.75, 3.05) is 17.7 Å². The van der Waals surface area contributed by atoms with Crippen molar-refractivity contribution in [2.45, 2.75) is 24.7 Å². The number of thioether (sulfide) groups is 1. The summed E-state index contributed by atoms with van der Waals surface area (Å²) in [5.74, 6) is -3.94. The van der Waals surface area contributed by atoms with Gasteiger partial charge in [-0.15, -0.1) is 11.8 Å². The summed E-state index contributed by atoms with van der Waals surface area (Å²) in [4.78, 5) is 13.0. The summed E-state index contributed by atoms with van der Waals surface area (Å²) in [7, 11) is 0. The molecule has 27 heavy (non-hydrogen) atoms. The Labute approximate surface area is 164 Å². The van der Waals surface area contributed by atoms with Gasteiger partial charge in [0.1, 0.15) is 0 Å². The van der Waals surface area contributed by atoms with Crippen molar-refractivity contribution in [3.05, 3.63) is 58.4 Å². The van der Waals surface area contributed by atoms with Crippen LogP contribution in [-0.2, 0) is 0 Å². The summed E-state index contributed by atoms with van der Waals surface area (Å²) in [6, 6.07) is 6.08. The van der Waals surface area contributed by atoms with Gasteiger partial charge >= 0.3 is 0 Å². The van der Waals surface area contributed by atoms with Crippen molar-refractivity contribution < 1.29 is 23.1 Å². The molecule has 0 saturated carbocycles. The van der Waals surface area contributed by atoms with Crippen molar-refractivity contribution in [3.8, 4) is 0 Å². The maximum absolute atomic E-state index is 13.3. The fourth-order valence-electron chi connectivity index (χ4n) is 2.29. The standard InChI is InChI=1S/C19H19ClF3NO2S/c1-11(10-25)3-2-6-27-17-7-12(4-5-14(17)20)19(26)24-13-8-15(21)18(23)16(22)9-13/h4-5,7-9,11,25H,2-3,6,10H2,1H3,(H,24,26). The topological polar surface area (TPSA) is 49.3 Å². The van der Waals surface area contributed by atoms with Gasteiger partial charge in [-0.3, -0.25) is 4.79 Å². The van der Waals surface area contributed by atoms with E-state index >= 15 is 0 Å². The number of anilines is 1. The molecule has 2 aromatic rings. The number of hydrogen-bond donors (Lipinski definition) is 2. The van der Waals surface area contributed by atoms with Gasteiger partial charge in [0.15, 0.2) is 17.5 Å². The lowest BCUT2D eigenvalue weighted by molar-refractivity contribution is 0.102. The number of carbonyl (C=O) groups excluding carboxylic acids is 1. The Morgan fingerprint density at radius 2 is 1.89 bits per heavy atom. The molecule has 0 aliphatic rings. The highest BCUT2D eigenvalue weighted by atomic mass is 35.5. The first kappa shape index (κ1) is 21.6.